The van der Waals surface area contributed by atoms with Gasteiger partial charge in [0.25, 0.3) is 5.91 Å². The number of carbonyl (C=O) groups is 1. The third kappa shape index (κ3) is 5.88. The summed E-state index contributed by atoms with van der Waals surface area (Å²) in [5, 5.41) is 10.7. The van der Waals surface area contributed by atoms with Crippen molar-refractivity contribution in [3.8, 4) is 11.8 Å². The van der Waals surface area contributed by atoms with Crippen molar-refractivity contribution in [1.29, 1.82) is 5.41 Å². The van der Waals surface area contributed by atoms with Crippen LogP contribution in [0.25, 0.3) is 0 Å². The molecule has 0 spiro atoms. The molecule has 2 aromatic rings. The summed E-state index contributed by atoms with van der Waals surface area (Å²) in [5.41, 5.74) is 9.56. The van der Waals surface area contributed by atoms with Gasteiger partial charge in [0.05, 0.1) is 6.54 Å². The van der Waals surface area contributed by atoms with E-state index in [9.17, 15) is 4.79 Å². The minimum atomic E-state index is 0.0396. The average molecular weight is 377 g/mol. The maximum atomic E-state index is 12.6. The van der Waals surface area contributed by atoms with Gasteiger partial charge < -0.3 is 16.0 Å². The standard InChI is InChI=1S/C23H28N4O/c1-16(2)15-27(4)23(28)21-11-10-18(13-17(21)3)7-6-12-26-20-9-5-8-19(14-20)22(24)25/h5,8-11,13-14,16,26H,12,15H2,1-4H3,(H3,24,25). The number of anilines is 1. The minimum absolute atomic E-state index is 0.0396. The zero-order valence-corrected chi connectivity index (χ0v) is 17.0. The molecular weight excluding hydrogens is 348 g/mol. The van der Waals surface area contributed by atoms with Crippen molar-refractivity contribution in [3.63, 3.8) is 0 Å². The second kappa shape index (κ2) is 9.61. The lowest BCUT2D eigenvalue weighted by atomic mass is 10.0. The van der Waals surface area contributed by atoms with Crippen molar-refractivity contribution in [3.05, 3.63) is 64.7 Å². The second-order valence-corrected chi connectivity index (χ2v) is 7.26. The molecule has 0 radical (unpaired) electrons. The second-order valence-electron chi connectivity index (χ2n) is 7.26. The number of nitrogens with two attached hydrogens (primary N) is 1. The molecule has 0 aliphatic rings. The van der Waals surface area contributed by atoms with E-state index in [4.69, 9.17) is 11.1 Å². The maximum absolute atomic E-state index is 12.6. The molecule has 2 aromatic carbocycles. The first-order chi connectivity index (χ1) is 13.3. The molecule has 0 aromatic heterocycles. The van der Waals surface area contributed by atoms with Crippen LogP contribution in [-0.4, -0.2) is 36.8 Å². The summed E-state index contributed by atoms with van der Waals surface area (Å²) in [7, 11) is 1.84. The number of amides is 1. The number of amidine groups is 1. The number of carbonyl (C=O) groups excluding carboxylic acids is 1. The summed E-state index contributed by atoms with van der Waals surface area (Å²) in [6, 6.07) is 13.1. The Morgan fingerprint density at radius 2 is 2.00 bits per heavy atom. The molecule has 4 N–H and O–H groups in total. The number of nitrogens with one attached hydrogen (secondary N) is 2. The van der Waals surface area contributed by atoms with Gasteiger partial charge in [-0.1, -0.05) is 37.8 Å². The fourth-order valence-corrected chi connectivity index (χ4v) is 2.91. The van der Waals surface area contributed by atoms with E-state index in [0.29, 0.717) is 23.6 Å². The fourth-order valence-electron chi connectivity index (χ4n) is 2.91. The molecule has 5 nitrogen and oxygen atoms in total. The molecule has 2 rings (SSSR count). The zero-order valence-electron chi connectivity index (χ0n) is 17.0. The molecule has 5 heteroatoms. The van der Waals surface area contributed by atoms with Crippen LogP contribution in [0.3, 0.4) is 0 Å². The predicted molar refractivity (Wildman–Crippen MR) is 116 cm³/mol. The first-order valence-corrected chi connectivity index (χ1v) is 9.31. The van der Waals surface area contributed by atoms with E-state index in [-0.39, 0.29) is 11.7 Å². The van der Waals surface area contributed by atoms with Crippen LogP contribution in [0.4, 0.5) is 5.69 Å². The Bertz CT molecular complexity index is 922. The number of nitrogens with zero attached hydrogens (tertiary/aromatic N) is 1. The molecule has 1 amide bonds. The zero-order chi connectivity index (χ0) is 20.7. The molecule has 0 saturated carbocycles. The van der Waals surface area contributed by atoms with Gasteiger partial charge in [0.1, 0.15) is 5.84 Å². The molecule has 0 bridgehead atoms. The Balaban J connectivity index is 2.01. The van der Waals surface area contributed by atoms with Crippen molar-refractivity contribution in [2.24, 2.45) is 11.7 Å². The lowest BCUT2D eigenvalue weighted by Crippen LogP contribution is -2.30. The molecule has 0 aliphatic carbocycles. The predicted octanol–water partition coefficient (Wildman–Crippen LogP) is 3.47. The highest BCUT2D eigenvalue weighted by atomic mass is 16.2. The van der Waals surface area contributed by atoms with Crippen LogP contribution in [0.2, 0.25) is 0 Å². The molecule has 0 saturated heterocycles. The molecular formula is C23H28N4O. The Hall–Kier alpha value is -3.26. The number of rotatable bonds is 6. The van der Waals surface area contributed by atoms with Gasteiger partial charge in [-0.05, 0) is 48.7 Å². The summed E-state index contributed by atoms with van der Waals surface area (Å²) in [4.78, 5) is 14.3. The van der Waals surface area contributed by atoms with E-state index >= 15 is 0 Å². The third-order valence-electron chi connectivity index (χ3n) is 4.23. The van der Waals surface area contributed by atoms with E-state index in [2.05, 4.69) is 31.0 Å². The van der Waals surface area contributed by atoms with Gasteiger partial charge in [-0.2, -0.15) is 0 Å². The van der Waals surface area contributed by atoms with Gasteiger partial charge in [0, 0.05) is 36.0 Å². The molecule has 0 aliphatic heterocycles. The van der Waals surface area contributed by atoms with Crippen LogP contribution < -0.4 is 11.1 Å². The van der Waals surface area contributed by atoms with E-state index in [1.807, 2.05) is 50.4 Å². The molecule has 0 unspecified atom stereocenters. The number of hydrogen-bond donors (Lipinski definition) is 3. The van der Waals surface area contributed by atoms with Crippen LogP contribution in [0.15, 0.2) is 42.5 Å². The topological polar surface area (TPSA) is 82.2 Å². The van der Waals surface area contributed by atoms with Gasteiger partial charge in [-0.3, -0.25) is 10.2 Å². The first kappa shape index (κ1) is 21.0. The SMILES string of the molecule is Cc1cc(C#CCNc2cccc(C(=N)N)c2)ccc1C(=O)N(C)CC(C)C. The van der Waals surface area contributed by atoms with Crippen molar-refractivity contribution >= 4 is 17.4 Å². The summed E-state index contributed by atoms with van der Waals surface area (Å²) in [6.07, 6.45) is 0. The Morgan fingerprint density at radius 1 is 1.25 bits per heavy atom. The monoisotopic (exact) mass is 376 g/mol. The maximum Gasteiger partial charge on any atom is 0.253 e. The molecule has 146 valence electrons. The smallest absolute Gasteiger partial charge is 0.253 e. The van der Waals surface area contributed by atoms with E-state index in [0.717, 1.165) is 23.4 Å². The lowest BCUT2D eigenvalue weighted by Gasteiger charge is -2.20. The Morgan fingerprint density at radius 3 is 2.64 bits per heavy atom. The number of hydrogen-bond acceptors (Lipinski definition) is 3. The van der Waals surface area contributed by atoms with Gasteiger partial charge >= 0.3 is 0 Å². The number of aryl methyl sites for hydroxylation is 1. The molecule has 0 fully saturated rings. The van der Waals surface area contributed by atoms with Crippen molar-refractivity contribution < 1.29 is 4.79 Å². The highest BCUT2D eigenvalue weighted by Crippen LogP contribution is 2.14. The quantitative estimate of drug-likeness (QED) is 0.410. The van der Waals surface area contributed by atoms with Crippen LogP contribution in [0.1, 0.15) is 40.9 Å². The fraction of sp³-hybridized carbons (Fsp3) is 0.304. The van der Waals surface area contributed by atoms with Crippen molar-refractivity contribution in [1.82, 2.24) is 4.90 Å². The van der Waals surface area contributed by atoms with Crippen LogP contribution in [0.5, 0.6) is 0 Å². The largest absolute Gasteiger partial charge is 0.384 e. The van der Waals surface area contributed by atoms with Crippen molar-refractivity contribution in [2.75, 3.05) is 25.5 Å². The lowest BCUT2D eigenvalue weighted by molar-refractivity contribution is 0.0778. The Kier molecular flexibility index (Phi) is 7.22. The van der Waals surface area contributed by atoms with E-state index in [1.165, 1.54) is 0 Å². The number of benzene rings is 2. The highest BCUT2D eigenvalue weighted by Gasteiger charge is 2.14. The van der Waals surface area contributed by atoms with Gasteiger partial charge in [-0.15, -0.1) is 0 Å². The number of nitrogen functional groups attached to an aromatic ring is 1. The average Bonchev–Trinajstić information content (AvgIpc) is 2.64. The summed E-state index contributed by atoms with van der Waals surface area (Å²) in [6.45, 7) is 7.33. The third-order valence-corrected chi connectivity index (χ3v) is 4.23. The van der Waals surface area contributed by atoms with E-state index in [1.54, 1.807) is 11.0 Å². The van der Waals surface area contributed by atoms with Crippen molar-refractivity contribution in [2.45, 2.75) is 20.8 Å². The first-order valence-electron chi connectivity index (χ1n) is 9.31. The highest BCUT2D eigenvalue weighted by molar-refractivity contribution is 5.96. The summed E-state index contributed by atoms with van der Waals surface area (Å²) in [5.74, 6) is 6.71. The Labute approximate surface area is 167 Å². The minimum Gasteiger partial charge on any atom is -0.384 e. The van der Waals surface area contributed by atoms with Gasteiger partial charge in [0.2, 0.25) is 0 Å². The normalized spacial score (nSPS) is 10.2. The summed E-state index contributed by atoms with van der Waals surface area (Å²) < 4.78 is 0. The van der Waals surface area contributed by atoms with Crippen LogP contribution in [-0.2, 0) is 0 Å². The van der Waals surface area contributed by atoms with E-state index < -0.39 is 0 Å². The van der Waals surface area contributed by atoms with Gasteiger partial charge in [0.15, 0.2) is 0 Å². The van der Waals surface area contributed by atoms with Crippen LogP contribution >= 0.6 is 0 Å². The molecule has 0 atom stereocenters. The molecule has 0 heterocycles. The summed E-state index contributed by atoms with van der Waals surface area (Å²) >= 11 is 0. The molecule has 28 heavy (non-hydrogen) atoms. The van der Waals surface area contributed by atoms with Crippen LogP contribution in [0, 0.1) is 30.1 Å². The van der Waals surface area contributed by atoms with Gasteiger partial charge in [-0.25, -0.2) is 0 Å².